The molecule has 0 N–H and O–H groups in total. The molecule has 4 rings (SSSR count). The van der Waals surface area contributed by atoms with E-state index in [-0.39, 0.29) is 5.41 Å². The zero-order valence-electron chi connectivity index (χ0n) is 20.1. The quantitative estimate of drug-likeness (QED) is 0.428. The summed E-state index contributed by atoms with van der Waals surface area (Å²) in [6.45, 7) is 15.0. The van der Waals surface area contributed by atoms with Gasteiger partial charge in [-0.1, -0.05) is 78.8 Å². The van der Waals surface area contributed by atoms with Gasteiger partial charge >= 0.3 is 0 Å². The largest absolute Gasteiger partial charge is 0.492 e. The van der Waals surface area contributed by atoms with Crippen LogP contribution in [0.2, 0.25) is 0 Å². The highest BCUT2D eigenvalue weighted by Gasteiger charge is 2.27. The molecule has 0 saturated carbocycles. The van der Waals surface area contributed by atoms with Crippen LogP contribution in [0, 0.1) is 13.8 Å². The molecule has 2 aliphatic heterocycles. The van der Waals surface area contributed by atoms with Crippen LogP contribution in [0.3, 0.4) is 0 Å². The Bertz CT molecular complexity index is 960. The minimum Gasteiger partial charge on any atom is -0.492 e. The molecule has 0 radical (unpaired) electrons. The molecule has 1 fully saturated rings. The van der Waals surface area contributed by atoms with Crippen molar-refractivity contribution in [2.45, 2.75) is 64.7 Å². The maximum Gasteiger partial charge on any atom is 0.126 e. The molecule has 3 nitrogen and oxygen atoms in total. The fourth-order valence-corrected chi connectivity index (χ4v) is 7.27. The second-order valence-corrected chi connectivity index (χ2v) is 12.7. The lowest BCUT2D eigenvalue weighted by atomic mass is 9.82. The molecule has 0 bridgehead atoms. The van der Waals surface area contributed by atoms with Crippen LogP contribution in [0.15, 0.2) is 41.4 Å². The average Bonchev–Trinajstić information content (AvgIpc) is 3.42. The number of rotatable bonds is 7. The molecule has 1 atom stereocenters. The number of nitrogens with zero attached hydrogens (tertiary/aromatic N) is 2. The second kappa shape index (κ2) is 10.1. The van der Waals surface area contributed by atoms with E-state index in [2.05, 4.69) is 75.9 Å². The summed E-state index contributed by atoms with van der Waals surface area (Å²) in [7, 11) is 3.96. The van der Waals surface area contributed by atoms with Gasteiger partial charge < -0.3 is 9.64 Å². The molecule has 172 valence electrons. The molecule has 2 aromatic rings. The topological polar surface area (TPSA) is 24.8 Å². The maximum atomic E-state index is 6.57. The minimum atomic E-state index is 0.0468. The Morgan fingerprint density at radius 3 is 2.62 bits per heavy atom. The summed E-state index contributed by atoms with van der Waals surface area (Å²) in [5.41, 5.74) is 6.72. The maximum absolute atomic E-state index is 6.57. The molecule has 2 heterocycles. The molecule has 0 aliphatic carbocycles. The van der Waals surface area contributed by atoms with Crippen molar-refractivity contribution in [1.82, 2.24) is 4.90 Å². The molecular weight excluding hydrogens is 432 g/mol. The van der Waals surface area contributed by atoms with Gasteiger partial charge in [-0.3, -0.25) is 4.99 Å². The van der Waals surface area contributed by atoms with Crippen molar-refractivity contribution in [3.63, 3.8) is 0 Å². The van der Waals surface area contributed by atoms with Crippen LogP contribution < -0.4 is 4.74 Å². The summed E-state index contributed by atoms with van der Waals surface area (Å²) in [5, 5.41) is 0.595. The van der Waals surface area contributed by atoms with Crippen LogP contribution in [0.1, 0.15) is 55.0 Å². The Morgan fingerprint density at radius 1 is 1.16 bits per heavy atom. The Labute approximate surface area is 201 Å². The number of benzene rings is 2. The highest BCUT2D eigenvalue weighted by molar-refractivity contribution is 8.77. The third-order valence-corrected chi connectivity index (χ3v) is 9.31. The Hall–Kier alpha value is -1.59. The van der Waals surface area contributed by atoms with Crippen LogP contribution in [0.25, 0.3) is 0 Å². The average molecular weight is 469 g/mol. The molecular formula is C27H36N2OS2. The van der Waals surface area contributed by atoms with Crippen molar-refractivity contribution < 1.29 is 4.74 Å². The van der Waals surface area contributed by atoms with Gasteiger partial charge in [0, 0.05) is 30.8 Å². The van der Waals surface area contributed by atoms with Gasteiger partial charge in [-0.2, -0.15) is 0 Å². The third kappa shape index (κ3) is 5.48. The number of ether oxygens (including phenoxy) is 1. The van der Waals surface area contributed by atoms with Gasteiger partial charge in [0.25, 0.3) is 0 Å². The lowest BCUT2D eigenvalue weighted by Gasteiger charge is -2.28. The number of amidine groups is 1. The van der Waals surface area contributed by atoms with E-state index in [1.165, 1.54) is 45.8 Å². The lowest BCUT2D eigenvalue weighted by molar-refractivity contribution is 0.305. The van der Waals surface area contributed by atoms with Crippen LogP contribution >= 0.6 is 21.6 Å². The fraction of sp³-hybridized carbons (Fsp3) is 0.519. The molecule has 0 aromatic heterocycles. The summed E-state index contributed by atoms with van der Waals surface area (Å²) in [6.07, 6.45) is 2.11. The molecule has 5 heteroatoms. The lowest BCUT2D eigenvalue weighted by Crippen LogP contribution is -2.29. The van der Waals surface area contributed by atoms with Crippen molar-refractivity contribution >= 4 is 27.4 Å². The first-order chi connectivity index (χ1) is 15.3. The van der Waals surface area contributed by atoms with E-state index in [9.17, 15) is 0 Å². The van der Waals surface area contributed by atoms with Gasteiger partial charge in [-0.05, 0) is 47.9 Å². The van der Waals surface area contributed by atoms with Gasteiger partial charge in [-0.25, -0.2) is 0 Å². The van der Waals surface area contributed by atoms with Gasteiger partial charge in [0.1, 0.15) is 18.2 Å². The summed E-state index contributed by atoms with van der Waals surface area (Å²) in [6, 6.07) is 13.1. The monoisotopic (exact) mass is 468 g/mol. The standard InChI is InChI=1S/C27H36N2OS2/c1-19-15-24(27(3,4)5)26(30-18-22-11-14-31-32-22)20(2)23(19)16-25-28-12-13-29(25)17-21-9-7-6-8-10-21/h6-10,15,22H,11-14,16-18H2,1-5H3/t22-/m0/s1. The molecule has 2 aromatic carbocycles. The minimum absolute atomic E-state index is 0.0468. The van der Waals surface area contributed by atoms with Crippen LogP contribution in [-0.2, 0) is 18.4 Å². The van der Waals surface area contributed by atoms with Crippen molar-refractivity contribution in [2.24, 2.45) is 4.99 Å². The predicted molar refractivity (Wildman–Crippen MR) is 141 cm³/mol. The summed E-state index contributed by atoms with van der Waals surface area (Å²) in [5.74, 6) is 3.54. The fourth-order valence-electron chi connectivity index (χ4n) is 4.51. The number of aliphatic imine (C=N–C) groups is 1. The van der Waals surface area contributed by atoms with E-state index in [1.54, 1.807) is 0 Å². The van der Waals surface area contributed by atoms with Crippen molar-refractivity contribution in [3.8, 4) is 5.75 Å². The van der Waals surface area contributed by atoms with Gasteiger partial charge in [0.2, 0.25) is 0 Å². The molecule has 32 heavy (non-hydrogen) atoms. The van der Waals surface area contributed by atoms with Crippen molar-refractivity contribution in [3.05, 3.63) is 64.2 Å². The molecule has 0 spiro atoms. The van der Waals surface area contributed by atoms with Gasteiger partial charge in [-0.15, -0.1) is 0 Å². The van der Waals surface area contributed by atoms with E-state index in [1.807, 2.05) is 21.6 Å². The highest BCUT2D eigenvalue weighted by Crippen LogP contribution is 2.41. The highest BCUT2D eigenvalue weighted by atomic mass is 33.1. The Morgan fingerprint density at radius 2 is 1.94 bits per heavy atom. The number of hydrogen-bond acceptors (Lipinski definition) is 5. The Kier molecular flexibility index (Phi) is 7.46. The van der Waals surface area contributed by atoms with Crippen LogP contribution in [-0.4, -0.2) is 41.4 Å². The normalized spacial score (nSPS) is 18.8. The molecule has 1 saturated heterocycles. The summed E-state index contributed by atoms with van der Waals surface area (Å²) < 4.78 is 6.57. The second-order valence-electron chi connectivity index (χ2n) is 9.95. The molecule has 2 aliphatic rings. The third-order valence-electron chi connectivity index (χ3n) is 6.40. The van der Waals surface area contributed by atoms with Crippen LogP contribution in [0.4, 0.5) is 0 Å². The van der Waals surface area contributed by atoms with E-state index in [0.717, 1.165) is 38.4 Å². The van der Waals surface area contributed by atoms with Crippen LogP contribution in [0.5, 0.6) is 5.75 Å². The zero-order chi connectivity index (χ0) is 22.7. The first-order valence-corrected chi connectivity index (χ1v) is 14.1. The van der Waals surface area contributed by atoms with Gasteiger partial charge in [0.05, 0.1) is 11.8 Å². The smallest absolute Gasteiger partial charge is 0.126 e. The van der Waals surface area contributed by atoms with Gasteiger partial charge in [0.15, 0.2) is 0 Å². The first kappa shape index (κ1) is 23.6. The summed E-state index contributed by atoms with van der Waals surface area (Å²) in [4.78, 5) is 7.34. The van der Waals surface area contributed by atoms with E-state index < -0.39 is 0 Å². The molecule has 0 unspecified atom stereocenters. The van der Waals surface area contributed by atoms with Crippen molar-refractivity contribution in [1.29, 1.82) is 0 Å². The number of aryl methyl sites for hydroxylation is 1. The van der Waals surface area contributed by atoms with E-state index in [0.29, 0.717) is 5.25 Å². The summed E-state index contributed by atoms with van der Waals surface area (Å²) >= 11 is 0. The Balaban J connectivity index is 1.59. The van der Waals surface area contributed by atoms with E-state index in [4.69, 9.17) is 9.73 Å². The zero-order valence-corrected chi connectivity index (χ0v) is 21.7. The first-order valence-electron chi connectivity index (χ1n) is 11.7. The number of hydrogen-bond donors (Lipinski definition) is 0. The molecule has 0 amide bonds. The SMILES string of the molecule is Cc1cc(C(C)(C)C)c(OC[C@@H]2CCSS2)c(C)c1CC1=NCCN1Cc1ccccc1. The predicted octanol–water partition coefficient (Wildman–Crippen LogP) is 6.59. The van der Waals surface area contributed by atoms with E-state index >= 15 is 0 Å². The van der Waals surface area contributed by atoms with Crippen molar-refractivity contribution in [2.75, 3.05) is 25.4 Å².